The van der Waals surface area contributed by atoms with Crippen molar-refractivity contribution in [2.24, 2.45) is 4.99 Å². The fourth-order valence-electron chi connectivity index (χ4n) is 2.65. The molecule has 1 unspecified atom stereocenters. The predicted molar refractivity (Wildman–Crippen MR) is 118 cm³/mol. The minimum atomic E-state index is -0.0456. The fourth-order valence-corrected chi connectivity index (χ4v) is 3.43. The average molecular weight is 402 g/mol. The number of aliphatic imine (C=N–C) groups is 1. The molecule has 0 aliphatic heterocycles. The van der Waals surface area contributed by atoms with Gasteiger partial charge in [0.15, 0.2) is 5.96 Å². The van der Waals surface area contributed by atoms with E-state index in [0.29, 0.717) is 24.6 Å². The molecule has 1 amide bonds. The van der Waals surface area contributed by atoms with E-state index in [-0.39, 0.29) is 5.91 Å². The highest BCUT2D eigenvalue weighted by molar-refractivity contribution is 7.07. The molecule has 1 aromatic heterocycles. The quantitative estimate of drug-likeness (QED) is 0.446. The van der Waals surface area contributed by atoms with Gasteiger partial charge in [-0.1, -0.05) is 19.1 Å². The van der Waals surface area contributed by atoms with E-state index >= 15 is 0 Å². The molecule has 7 heteroatoms. The van der Waals surface area contributed by atoms with Crippen LogP contribution in [0.1, 0.15) is 34.3 Å². The van der Waals surface area contributed by atoms with E-state index < -0.39 is 0 Å². The van der Waals surface area contributed by atoms with Crippen molar-refractivity contribution in [1.29, 1.82) is 0 Å². The molecule has 1 heterocycles. The van der Waals surface area contributed by atoms with Crippen molar-refractivity contribution in [2.75, 3.05) is 40.8 Å². The van der Waals surface area contributed by atoms with E-state index in [9.17, 15) is 4.79 Å². The first-order chi connectivity index (χ1) is 13.5. The summed E-state index contributed by atoms with van der Waals surface area (Å²) in [6.45, 7) is 5.06. The van der Waals surface area contributed by atoms with Gasteiger partial charge >= 0.3 is 0 Å². The van der Waals surface area contributed by atoms with E-state index in [1.807, 2.05) is 43.3 Å². The summed E-state index contributed by atoms with van der Waals surface area (Å²) >= 11 is 1.72. The number of likely N-dealkylation sites (N-methyl/N-ethyl adjacent to an activating group) is 1. The topological polar surface area (TPSA) is 68.8 Å². The van der Waals surface area contributed by atoms with Crippen LogP contribution in [0.5, 0.6) is 0 Å². The average Bonchev–Trinajstić information content (AvgIpc) is 3.22. The smallest absolute Gasteiger partial charge is 0.251 e. The largest absolute Gasteiger partial charge is 0.356 e. The number of benzene rings is 1. The molecular weight excluding hydrogens is 370 g/mol. The van der Waals surface area contributed by atoms with Gasteiger partial charge in [0.05, 0.1) is 0 Å². The summed E-state index contributed by atoms with van der Waals surface area (Å²) in [4.78, 5) is 18.6. The van der Waals surface area contributed by atoms with Gasteiger partial charge in [-0.05, 0) is 60.1 Å². The Morgan fingerprint density at radius 2 is 2.04 bits per heavy atom. The Hall–Kier alpha value is -2.38. The van der Waals surface area contributed by atoms with E-state index in [0.717, 1.165) is 24.6 Å². The lowest BCUT2D eigenvalue weighted by Gasteiger charge is -2.16. The minimum Gasteiger partial charge on any atom is -0.356 e. The first-order valence-corrected chi connectivity index (χ1v) is 10.4. The molecule has 1 aromatic carbocycles. The number of rotatable bonds is 9. The van der Waals surface area contributed by atoms with Crippen LogP contribution in [0.4, 0.5) is 0 Å². The molecule has 0 saturated heterocycles. The SMILES string of the molecule is CN=C(NCc1cccc(C(=O)NCCN(C)C)c1)NCC(C)c1ccsc1. The third-order valence-electron chi connectivity index (χ3n) is 4.41. The number of nitrogens with zero attached hydrogens (tertiary/aromatic N) is 2. The molecule has 6 nitrogen and oxygen atoms in total. The van der Waals surface area contributed by atoms with Gasteiger partial charge in [-0.2, -0.15) is 11.3 Å². The van der Waals surface area contributed by atoms with Gasteiger partial charge in [0, 0.05) is 38.8 Å². The first-order valence-electron chi connectivity index (χ1n) is 9.48. The van der Waals surface area contributed by atoms with Crippen LogP contribution in [0, 0.1) is 0 Å². The first kappa shape index (κ1) is 21.9. The van der Waals surface area contributed by atoms with Gasteiger partial charge in [-0.3, -0.25) is 9.79 Å². The summed E-state index contributed by atoms with van der Waals surface area (Å²) in [5.74, 6) is 1.12. The Balaban J connectivity index is 1.82. The van der Waals surface area contributed by atoms with Crippen LogP contribution in [-0.4, -0.2) is 57.5 Å². The number of carbonyl (C=O) groups is 1. The van der Waals surface area contributed by atoms with Gasteiger partial charge < -0.3 is 20.9 Å². The molecule has 0 fully saturated rings. The van der Waals surface area contributed by atoms with Gasteiger partial charge in [-0.15, -0.1) is 0 Å². The number of carbonyl (C=O) groups excluding carboxylic acids is 1. The molecule has 0 bridgehead atoms. The van der Waals surface area contributed by atoms with E-state index in [2.05, 4.69) is 44.7 Å². The summed E-state index contributed by atoms with van der Waals surface area (Å²) in [7, 11) is 5.74. The summed E-state index contributed by atoms with van der Waals surface area (Å²) in [6, 6.07) is 9.82. The summed E-state index contributed by atoms with van der Waals surface area (Å²) in [6.07, 6.45) is 0. The fraction of sp³-hybridized carbons (Fsp3) is 0.429. The summed E-state index contributed by atoms with van der Waals surface area (Å²) < 4.78 is 0. The zero-order chi connectivity index (χ0) is 20.4. The van der Waals surface area contributed by atoms with Crippen LogP contribution in [0.2, 0.25) is 0 Å². The third-order valence-corrected chi connectivity index (χ3v) is 5.11. The van der Waals surface area contributed by atoms with Crippen molar-refractivity contribution in [2.45, 2.75) is 19.4 Å². The highest BCUT2D eigenvalue weighted by Gasteiger charge is 2.08. The molecule has 2 aromatic rings. The van der Waals surface area contributed by atoms with Crippen molar-refractivity contribution in [3.8, 4) is 0 Å². The van der Waals surface area contributed by atoms with Gasteiger partial charge in [0.1, 0.15) is 0 Å². The summed E-state index contributed by atoms with van der Waals surface area (Å²) in [5, 5.41) is 13.9. The molecule has 1 atom stereocenters. The van der Waals surface area contributed by atoms with E-state index in [1.165, 1.54) is 5.56 Å². The van der Waals surface area contributed by atoms with Crippen LogP contribution in [0.25, 0.3) is 0 Å². The summed E-state index contributed by atoms with van der Waals surface area (Å²) in [5.41, 5.74) is 3.04. The second kappa shape index (κ2) is 11.5. The number of amides is 1. The normalized spacial score (nSPS) is 12.7. The predicted octanol–water partition coefficient (Wildman–Crippen LogP) is 2.51. The molecule has 3 N–H and O–H groups in total. The maximum absolute atomic E-state index is 12.3. The Kier molecular flexibility index (Phi) is 8.97. The lowest BCUT2D eigenvalue weighted by atomic mass is 10.1. The van der Waals surface area contributed by atoms with Gasteiger partial charge in [-0.25, -0.2) is 0 Å². The number of hydrogen-bond donors (Lipinski definition) is 3. The Morgan fingerprint density at radius 3 is 2.71 bits per heavy atom. The van der Waals surface area contributed by atoms with Crippen LogP contribution >= 0.6 is 11.3 Å². The number of hydrogen-bond acceptors (Lipinski definition) is 4. The van der Waals surface area contributed by atoms with E-state index in [1.54, 1.807) is 18.4 Å². The van der Waals surface area contributed by atoms with Crippen molar-refractivity contribution in [3.63, 3.8) is 0 Å². The molecule has 0 saturated carbocycles. The lowest BCUT2D eigenvalue weighted by molar-refractivity contribution is 0.0951. The molecule has 0 aliphatic carbocycles. The Morgan fingerprint density at radius 1 is 1.21 bits per heavy atom. The van der Waals surface area contributed by atoms with Gasteiger partial charge in [0.2, 0.25) is 0 Å². The van der Waals surface area contributed by atoms with Crippen molar-refractivity contribution >= 4 is 23.2 Å². The van der Waals surface area contributed by atoms with Crippen LogP contribution in [0.3, 0.4) is 0 Å². The standard InChI is InChI=1S/C21H31N5OS/c1-16(19-8-11-28-15-19)13-24-21(22-2)25-14-17-6-5-7-18(12-17)20(27)23-9-10-26(3)4/h5-8,11-12,15-16H,9-10,13-14H2,1-4H3,(H,23,27)(H2,22,24,25). The van der Waals surface area contributed by atoms with Crippen LogP contribution in [-0.2, 0) is 6.54 Å². The molecule has 0 radical (unpaired) electrons. The molecule has 152 valence electrons. The van der Waals surface area contributed by atoms with Crippen molar-refractivity contribution in [3.05, 3.63) is 57.8 Å². The number of thiophene rings is 1. The second-order valence-electron chi connectivity index (χ2n) is 7.02. The maximum atomic E-state index is 12.3. The molecule has 0 spiro atoms. The lowest BCUT2D eigenvalue weighted by Crippen LogP contribution is -2.38. The van der Waals surface area contributed by atoms with Crippen LogP contribution in [0.15, 0.2) is 46.1 Å². The zero-order valence-electron chi connectivity index (χ0n) is 17.2. The molecule has 2 rings (SSSR count). The monoisotopic (exact) mass is 401 g/mol. The third kappa shape index (κ3) is 7.32. The van der Waals surface area contributed by atoms with Crippen molar-refractivity contribution in [1.82, 2.24) is 20.9 Å². The van der Waals surface area contributed by atoms with Crippen LogP contribution < -0.4 is 16.0 Å². The molecule has 28 heavy (non-hydrogen) atoms. The zero-order valence-corrected chi connectivity index (χ0v) is 18.0. The number of guanidine groups is 1. The molecular formula is C21H31N5OS. The highest BCUT2D eigenvalue weighted by atomic mass is 32.1. The van der Waals surface area contributed by atoms with Gasteiger partial charge in [0.25, 0.3) is 5.91 Å². The second-order valence-corrected chi connectivity index (χ2v) is 7.80. The Bertz CT molecular complexity index is 758. The number of nitrogens with one attached hydrogen (secondary N) is 3. The minimum absolute atomic E-state index is 0.0456. The highest BCUT2D eigenvalue weighted by Crippen LogP contribution is 2.17. The van der Waals surface area contributed by atoms with Crippen molar-refractivity contribution < 1.29 is 4.79 Å². The Labute approximate surface area is 172 Å². The molecule has 0 aliphatic rings. The van der Waals surface area contributed by atoms with E-state index in [4.69, 9.17) is 0 Å². The maximum Gasteiger partial charge on any atom is 0.251 e.